The third-order valence-corrected chi connectivity index (χ3v) is 4.76. The minimum atomic E-state index is 0.728. The van der Waals surface area contributed by atoms with E-state index in [-0.39, 0.29) is 0 Å². The van der Waals surface area contributed by atoms with Gasteiger partial charge in [0.1, 0.15) is 0 Å². The SMILES string of the molecule is CN1[C@H]2CC[C@H]1CC(NCCNc1ccccc1)C2. The van der Waals surface area contributed by atoms with Crippen molar-refractivity contribution < 1.29 is 0 Å². The van der Waals surface area contributed by atoms with Gasteiger partial charge in [0.05, 0.1) is 0 Å². The highest BCUT2D eigenvalue weighted by atomic mass is 15.2. The van der Waals surface area contributed by atoms with Gasteiger partial charge in [-0.2, -0.15) is 0 Å². The Labute approximate surface area is 116 Å². The Morgan fingerprint density at radius 3 is 2.42 bits per heavy atom. The second-order valence-electron chi connectivity index (χ2n) is 5.97. The van der Waals surface area contributed by atoms with Gasteiger partial charge in [0.2, 0.25) is 0 Å². The molecule has 0 unspecified atom stereocenters. The van der Waals surface area contributed by atoms with Crippen molar-refractivity contribution >= 4 is 5.69 Å². The van der Waals surface area contributed by atoms with E-state index in [0.717, 1.165) is 31.2 Å². The summed E-state index contributed by atoms with van der Waals surface area (Å²) in [7, 11) is 2.30. The first-order valence-corrected chi connectivity index (χ1v) is 7.57. The number of benzene rings is 1. The van der Waals surface area contributed by atoms with Crippen LogP contribution in [0.15, 0.2) is 30.3 Å². The van der Waals surface area contributed by atoms with Crippen LogP contribution in [0.2, 0.25) is 0 Å². The monoisotopic (exact) mass is 259 g/mol. The van der Waals surface area contributed by atoms with Gasteiger partial charge in [-0.1, -0.05) is 18.2 Å². The lowest BCUT2D eigenvalue weighted by atomic mass is 9.98. The number of piperidine rings is 1. The molecule has 2 saturated heterocycles. The minimum Gasteiger partial charge on any atom is -0.384 e. The average Bonchev–Trinajstić information content (AvgIpc) is 2.67. The van der Waals surface area contributed by atoms with E-state index < -0.39 is 0 Å². The van der Waals surface area contributed by atoms with Crippen LogP contribution in [0.1, 0.15) is 25.7 Å². The molecule has 0 saturated carbocycles. The summed E-state index contributed by atoms with van der Waals surface area (Å²) in [6.07, 6.45) is 5.47. The molecule has 2 heterocycles. The van der Waals surface area contributed by atoms with Gasteiger partial charge in [-0.3, -0.25) is 0 Å². The van der Waals surface area contributed by atoms with E-state index in [0.29, 0.717) is 0 Å². The molecule has 1 aromatic carbocycles. The number of hydrogen-bond donors (Lipinski definition) is 2. The maximum Gasteiger partial charge on any atom is 0.0340 e. The highest BCUT2D eigenvalue weighted by Gasteiger charge is 2.37. The van der Waals surface area contributed by atoms with Gasteiger partial charge in [-0.25, -0.2) is 0 Å². The fourth-order valence-corrected chi connectivity index (χ4v) is 3.62. The van der Waals surface area contributed by atoms with Crippen LogP contribution in [-0.2, 0) is 0 Å². The van der Waals surface area contributed by atoms with E-state index in [9.17, 15) is 0 Å². The molecule has 2 atom stereocenters. The van der Waals surface area contributed by atoms with Crippen LogP contribution in [0.25, 0.3) is 0 Å². The molecule has 3 heteroatoms. The van der Waals surface area contributed by atoms with Gasteiger partial charge < -0.3 is 15.5 Å². The minimum absolute atomic E-state index is 0.728. The molecule has 2 N–H and O–H groups in total. The first-order chi connectivity index (χ1) is 9.33. The molecule has 0 aliphatic carbocycles. The third-order valence-electron chi connectivity index (χ3n) is 4.76. The zero-order chi connectivity index (χ0) is 13.1. The van der Waals surface area contributed by atoms with Crippen molar-refractivity contribution in [3.05, 3.63) is 30.3 Å². The Kier molecular flexibility index (Phi) is 4.04. The van der Waals surface area contributed by atoms with Crippen LogP contribution in [0, 0.1) is 0 Å². The normalized spacial score (nSPS) is 30.5. The zero-order valence-corrected chi connectivity index (χ0v) is 11.8. The molecule has 0 aromatic heterocycles. The molecule has 1 aromatic rings. The molecular formula is C16H25N3. The lowest BCUT2D eigenvalue weighted by Gasteiger charge is -2.36. The predicted molar refractivity (Wildman–Crippen MR) is 80.5 cm³/mol. The molecule has 2 aliphatic rings. The summed E-state index contributed by atoms with van der Waals surface area (Å²) < 4.78 is 0. The molecular weight excluding hydrogens is 234 g/mol. The largest absolute Gasteiger partial charge is 0.384 e. The fraction of sp³-hybridized carbons (Fsp3) is 0.625. The molecule has 2 bridgehead atoms. The highest BCUT2D eigenvalue weighted by molar-refractivity contribution is 5.42. The van der Waals surface area contributed by atoms with E-state index in [1.807, 2.05) is 0 Å². The summed E-state index contributed by atoms with van der Waals surface area (Å²) in [5.41, 5.74) is 1.22. The fourth-order valence-electron chi connectivity index (χ4n) is 3.62. The summed E-state index contributed by atoms with van der Waals surface area (Å²) >= 11 is 0. The topological polar surface area (TPSA) is 27.3 Å². The van der Waals surface area contributed by atoms with Gasteiger partial charge >= 0.3 is 0 Å². The van der Waals surface area contributed by atoms with Crippen LogP contribution in [0.3, 0.4) is 0 Å². The van der Waals surface area contributed by atoms with Crippen molar-refractivity contribution in [2.75, 3.05) is 25.5 Å². The van der Waals surface area contributed by atoms with E-state index in [1.54, 1.807) is 0 Å². The van der Waals surface area contributed by atoms with Crippen molar-refractivity contribution in [2.24, 2.45) is 0 Å². The lowest BCUT2D eigenvalue weighted by Crippen LogP contribution is -2.48. The first-order valence-electron chi connectivity index (χ1n) is 7.57. The van der Waals surface area contributed by atoms with Gasteiger partial charge in [-0.15, -0.1) is 0 Å². The van der Waals surface area contributed by atoms with Gasteiger partial charge in [0, 0.05) is 36.9 Å². The number of rotatable bonds is 5. The molecule has 0 amide bonds. The van der Waals surface area contributed by atoms with Crippen molar-refractivity contribution in [1.82, 2.24) is 10.2 Å². The second kappa shape index (κ2) is 5.93. The lowest BCUT2D eigenvalue weighted by molar-refractivity contribution is 0.149. The number of fused-ring (bicyclic) bond motifs is 2. The second-order valence-corrected chi connectivity index (χ2v) is 5.97. The summed E-state index contributed by atoms with van der Waals surface area (Å²) in [6.45, 7) is 2.06. The molecule has 3 nitrogen and oxygen atoms in total. The van der Waals surface area contributed by atoms with Gasteiger partial charge in [0.15, 0.2) is 0 Å². The van der Waals surface area contributed by atoms with E-state index in [4.69, 9.17) is 0 Å². The zero-order valence-electron chi connectivity index (χ0n) is 11.8. The van der Waals surface area contributed by atoms with Crippen LogP contribution in [0.4, 0.5) is 5.69 Å². The molecule has 0 spiro atoms. The highest BCUT2D eigenvalue weighted by Crippen LogP contribution is 2.33. The van der Waals surface area contributed by atoms with E-state index in [1.165, 1.54) is 31.4 Å². The standard InChI is InChI=1S/C16H25N3/c1-19-15-7-8-16(19)12-14(11-15)18-10-9-17-13-5-3-2-4-6-13/h2-6,14-18H,7-12H2,1H3/t15-,16-/m0/s1. The van der Waals surface area contributed by atoms with Crippen molar-refractivity contribution in [2.45, 2.75) is 43.8 Å². The Morgan fingerprint density at radius 2 is 1.74 bits per heavy atom. The number of nitrogens with zero attached hydrogens (tertiary/aromatic N) is 1. The quantitative estimate of drug-likeness (QED) is 0.795. The number of nitrogens with one attached hydrogen (secondary N) is 2. The Balaban J connectivity index is 1.37. The summed E-state index contributed by atoms with van der Waals surface area (Å²) in [5.74, 6) is 0. The van der Waals surface area contributed by atoms with Gasteiger partial charge in [-0.05, 0) is 44.9 Å². The maximum absolute atomic E-state index is 3.72. The van der Waals surface area contributed by atoms with Crippen LogP contribution >= 0.6 is 0 Å². The summed E-state index contributed by atoms with van der Waals surface area (Å²) in [6, 6.07) is 12.8. The smallest absolute Gasteiger partial charge is 0.0340 e. The number of hydrogen-bond acceptors (Lipinski definition) is 3. The molecule has 2 aliphatic heterocycles. The molecule has 104 valence electrons. The van der Waals surface area contributed by atoms with E-state index >= 15 is 0 Å². The molecule has 3 rings (SSSR count). The molecule has 0 radical (unpaired) electrons. The van der Waals surface area contributed by atoms with Crippen molar-refractivity contribution in [1.29, 1.82) is 0 Å². The van der Waals surface area contributed by atoms with Crippen LogP contribution < -0.4 is 10.6 Å². The van der Waals surface area contributed by atoms with Crippen molar-refractivity contribution in [3.63, 3.8) is 0 Å². The Morgan fingerprint density at radius 1 is 1.05 bits per heavy atom. The summed E-state index contributed by atoms with van der Waals surface area (Å²) in [4.78, 5) is 2.60. The van der Waals surface area contributed by atoms with Crippen LogP contribution in [0.5, 0.6) is 0 Å². The Hall–Kier alpha value is -1.06. The van der Waals surface area contributed by atoms with Gasteiger partial charge in [0.25, 0.3) is 0 Å². The predicted octanol–water partition coefficient (Wildman–Crippen LogP) is 2.31. The average molecular weight is 259 g/mol. The van der Waals surface area contributed by atoms with Crippen molar-refractivity contribution in [3.8, 4) is 0 Å². The van der Waals surface area contributed by atoms with E-state index in [2.05, 4.69) is 52.9 Å². The molecule has 19 heavy (non-hydrogen) atoms. The number of para-hydroxylation sites is 1. The maximum atomic E-state index is 3.72. The first kappa shape index (κ1) is 12.9. The third kappa shape index (κ3) is 3.10. The molecule has 2 fully saturated rings. The number of anilines is 1. The van der Waals surface area contributed by atoms with Crippen LogP contribution in [-0.4, -0.2) is 43.2 Å². The Bertz CT molecular complexity index is 378. The summed E-state index contributed by atoms with van der Waals surface area (Å²) in [5, 5.41) is 7.18.